The number of aliphatic hydroxyl groups is 3. The van der Waals surface area contributed by atoms with Gasteiger partial charge in [0.15, 0.2) is 0 Å². The first-order chi connectivity index (χ1) is 15.6. The van der Waals surface area contributed by atoms with Crippen molar-refractivity contribution >= 4 is 17.9 Å². The molecule has 0 aromatic heterocycles. The monoisotopic (exact) mass is 484 g/mol. The number of ether oxygens (including phenoxy) is 4. The lowest BCUT2D eigenvalue weighted by Crippen LogP contribution is -2.82. The maximum atomic E-state index is 12.6. The highest BCUT2D eigenvalue weighted by Gasteiger charge is 2.87. The predicted molar refractivity (Wildman–Crippen MR) is 115 cm³/mol. The molecule has 5 fully saturated rings. The van der Waals surface area contributed by atoms with E-state index < -0.39 is 76.4 Å². The normalized spacial score (nSPS) is 48.5. The molecule has 0 amide bonds. The van der Waals surface area contributed by atoms with Crippen molar-refractivity contribution < 1.29 is 48.7 Å². The Balaban J connectivity index is 1.84. The van der Waals surface area contributed by atoms with Gasteiger partial charge in [-0.15, -0.1) is 0 Å². The van der Waals surface area contributed by atoms with E-state index in [4.69, 9.17) is 18.9 Å². The van der Waals surface area contributed by atoms with Crippen molar-refractivity contribution in [1.29, 1.82) is 0 Å². The van der Waals surface area contributed by atoms with Crippen LogP contribution in [0.25, 0.3) is 0 Å². The van der Waals surface area contributed by atoms with Crippen LogP contribution in [0.4, 0.5) is 0 Å². The fourth-order valence-electron chi connectivity index (χ4n) is 7.27. The summed E-state index contributed by atoms with van der Waals surface area (Å²) in [5.41, 5.74) is -5.77. The van der Waals surface area contributed by atoms with Gasteiger partial charge in [-0.2, -0.15) is 0 Å². The van der Waals surface area contributed by atoms with Crippen LogP contribution in [0.15, 0.2) is 0 Å². The summed E-state index contributed by atoms with van der Waals surface area (Å²) in [5.74, 6) is -2.32. The molecular weight excluding hydrogens is 448 g/mol. The third-order valence-electron chi connectivity index (χ3n) is 8.95. The molecule has 2 aliphatic heterocycles. The van der Waals surface area contributed by atoms with Crippen LogP contribution < -0.4 is 0 Å². The van der Waals surface area contributed by atoms with Gasteiger partial charge in [0.05, 0.1) is 11.5 Å². The Morgan fingerprint density at radius 3 is 2.24 bits per heavy atom. The van der Waals surface area contributed by atoms with Crippen LogP contribution in [-0.4, -0.2) is 81.6 Å². The summed E-state index contributed by atoms with van der Waals surface area (Å²) >= 11 is 0. The quantitative estimate of drug-likeness (QED) is 0.359. The van der Waals surface area contributed by atoms with Crippen LogP contribution in [0.5, 0.6) is 0 Å². The molecule has 0 aromatic rings. The van der Waals surface area contributed by atoms with Crippen LogP contribution in [0.3, 0.4) is 0 Å². The molecule has 3 saturated carbocycles. The molecule has 5 aliphatic rings. The van der Waals surface area contributed by atoms with Crippen molar-refractivity contribution in [2.75, 3.05) is 6.61 Å². The van der Waals surface area contributed by atoms with Crippen molar-refractivity contribution in [1.82, 2.24) is 0 Å². The number of aliphatic hydroxyl groups excluding tert-OH is 1. The Bertz CT molecular complexity index is 885. The van der Waals surface area contributed by atoms with E-state index >= 15 is 0 Å². The summed E-state index contributed by atoms with van der Waals surface area (Å²) in [7, 11) is 0. The zero-order valence-corrected chi connectivity index (χ0v) is 20.6. The molecule has 3 N–H and O–H groups in total. The molecule has 0 spiro atoms. The highest BCUT2D eigenvalue weighted by molar-refractivity contribution is 5.70. The van der Waals surface area contributed by atoms with Crippen LogP contribution in [0.2, 0.25) is 0 Å². The lowest BCUT2D eigenvalue weighted by molar-refractivity contribution is -0.391. The Morgan fingerprint density at radius 2 is 1.68 bits per heavy atom. The molecule has 1 unspecified atom stereocenters. The number of carbonyl (C=O) groups is 3. The number of esters is 3. The SMILES string of the molecule is CC(=O)OC[C@]12C[C@H](OC(=O)CC(C)C)C(C)(O)[C@@H]3C[C@]4(O)[C@H](O[C@H]31)[C@H](O)[C@@H](OC(C)=O)[C@]24C. The summed E-state index contributed by atoms with van der Waals surface area (Å²) in [5, 5.41) is 34.7. The van der Waals surface area contributed by atoms with Crippen LogP contribution >= 0.6 is 0 Å². The van der Waals surface area contributed by atoms with Gasteiger partial charge in [-0.3, -0.25) is 14.4 Å². The van der Waals surface area contributed by atoms with E-state index in [9.17, 15) is 29.7 Å². The van der Waals surface area contributed by atoms with Crippen molar-refractivity contribution in [3.8, 4) is 0 Å². The van der Waals surface area contributed by atoms with Crippen molar-refractivity contribution in [2.24, 2.45) is 22.7 Å². The van der Waals surface area contributed by atoms with E-state index in [-0.39, 0.29) is 31.8 Å². The van der Waals surface area contributed by atoms with E-state index in [0.717, 1.165) is 0 Å². The van der Waals surface area contributed by atoms with E-state index in [1.165, 1.54) is 13.8 Å². The standard InChI is InChI=1S/C24H36O10/c1-11(2)7-16(27)33-15-9-23(10-31-12(3)25)18-14(21(15,5)29)8-24(30)20(34-18)17(28)19(22(23,24)6)32-13(4)26/h11,14-15,17-20,28-30H,7-10H2,1-6H3/t14-,15+,17-,18-,19-,20-,21?,22-,23-,24+/m1/s1. The summed E-state index contributed by atoms with van der Waals surface area (Å²) in [6.07, 6.45) is -5.11. The number of hydrogen-bond acceptors (Lipinski definition) is 10. The highest BCUT2D eigenvalue weighted by atomic mass is 16.6. The molecule has 34 heavy (non-hydrogen) atoms. The molecule has 10 heteroatoms. The van der Waals surface area contributed by atoms with Crippen LogP contribution in [0.1, 0.15) is 60.8 Å². The van der Waals surface area contributed by atoms with Gasteiger partial charge in [-0.05, 0) is 25.7 Å². The van der Waals surface area contributed by atoms with E-state index in [2.05, 4.69) is 0 Å². The van der Waals surface area contributed by atoms with Gasteiger partial charge in [-0.1, -0.05) is 20.8 Å². The van der Waals surface area contributed by atoms with E-state index in [1.54, 1.807) is 13.8 Å². The second-order valence-electron chi connectivity index (χ2n) is 11.4. The molecule has 2 saturated heterocycles. The van der Waals surface area contributed by atoms with Crippen molar-refractivity contribution in [3.05, 3.63) is 0 Å². The molecule has 0 radical (unpaired) electrons. The molecule has 0 aromatic carbocycles. The first-order valence-corrected chi connectivity index (χ1v) is 11.9. The molecule has 3 aliphatic carbocycles. The van der Waals surface area contributed by atoms with Gasteiger partial charge in [0, 0.05) is 31.6 Å². The van der Waals surface area contributed by atoms with Gasteiger partial charge in [0.1, 0.15) is 42.2 Å². The Kier molecular flexibility index (Phi) is 5.87. The van der Waals surface area contributed by atoms with E-state index in [0.29, 0.717) is 0 Å². The van der Waals surface area contributed by atoms with Crippen LogP contribution in [0, 0.1) is 22.7 Å². The molecule has 5 rings (SSSR count). The topological polar surface area (TPSA) is 149 Å². The Labute approximate surface area is 198 Å². The maximum Gasteiger partial charge on any atom is 0.306 e. The minimum atomic E-state index is -1.69. The summed E-state index contributed by atoms with van der Waals surface area (Å²) in [4.78, 5) is 36.5. The van der Waals surface area contributed by atoms with Gasteiger partial charge < -0.3 is 34.3 Å². The van der Waals surface area contributed by atoms with E-state index in [1.807, 2.05) is 13.8 Å². The fourth-order valence-corrected chi connectivity index (χ4v) is 7.27. The molecular formula is C24H36O10. The largest absolute Gasteiger partial charge is 0.465 e. The lowest BCUT2D eigenvalue weighted by atomic mass is 9.39. The second kappa shape index (κ2) is 7.88. The van der Waals surface area contributed by atoms with Crippen molar-refractivity contribution in [2.45, 2.75) is 103 Å². The van der Waals surface area contributed by atoms with Crippen LogP contribution in [-0.2, 0) is 33.3 Å². The minimum Gasteiger partial charge on any atom is -0.465 e. The average Bonchev–Trinajstić information content (AvgIpc) is 2.81. The summed E-state index contributed by atoms with van der Waals surface area (Å²) in [6.45, 7) is 9.25. The third kappa shape index (κ3) is 3.18. The van der Waals surface area contributed by atoms with Gasteiger partial charge in [-0.25, -0.2) is 0 Å². The molecule has 192 valence electrons. The second-order valence-corrected chi connectivity index (χ2v) is 11.4. The summed E-state index contributed by atoms with van der Waals surface area (Å²) < 4.78 is 23.1. The third-order valence-corrected chi connectivity index (χ3v) is 8.95. The minimum absolute atomic E-state index is 0.0195. The summed E-state index contributed by atoms with van der Waals surface area (Å²) in [6, 6.07) is 0. The molecule has 10 atom stereocenters. The van der Waals surface area contributed by atoms with Gasteiger partial charge in [0.2, 0.25) is 0 Å². The Morgan fingerprint density at radius 1 is 1.03 bits per heavy atom. The number of rotatable bonds is 6. The average molecular weight is 485 g/mol. The molecule has 2 heterocycles. The smallest absolute Gasteiger partial charge is 0.306 e. The Hall–Kier alpha value is -1.75. The predicted octanol–water partition coefficient (Wildman–Crippen LogP) is 0.479. The first kappa shape index (κ1) is 25.3. The number of hydrogen-bond donors (Lipinski definition) is 3. The zero-order valence-electron chi connectivity index (χ0n) is 20.6. The molecule has 10 nitrogen and oxygen atoms in total. The lowest BCUT2D eigenvalue weighted by Gasteiger charge is -2.72. The number of carbonyl (C=O) groups excluding carboxylic acids is 3. The zero-order chi connectivity index (χ0) is 25.4. The first-order valence-electron chi connectivity index (χ1n) is 11.9. The molecule has 6 bridgehead atoms. The fraction of sp³-hybridized carbons (Fsp3) is 0.875. The van der Waals surface area contributed by atoms with Gasteiger partial charge >= 0.3 is 17.9 Å². The highest BCUT2D eigenvalue weighted by Crippen LogP contribution is 2.75. The maximum absolute atomic E-state index is 12.6. The van der Waals surface area contributed by atoms with Crippen molar-refractivity contribution in [3.63, 3.8) is 0 Å². The van der Waals surface area contributed by atoms with Gasteiger partial charge in [0.25, 0.3) is 0 Å².